The van der Waals surface area contributed by atoms with Crippen molar-refractivity contribution in [3.8, 4) is 0 Å². The van der Waals surface area contributed by atoms with Crippen LogP contribution < -0.4 is 0 Å². The molecule has 0 spiro atoms. The molecule has 1 aromatic rings. The van der Waals surface area contributed by atoms with E-state index in [9.17, 15) is 8.78 Å². The second kappa shape index (κ2) is 2.27. The van der Waals surface area contributed by atoms with E-state index in [0.717, 1.165) is 0 Å². The Bertz CT molecular complexity index is 324. The molecule has 3 nitrogen and oxygen atoms in total. The molecule has 72 valence electrons. The molecule has 0 aliphatic heterocycles. The molecular formula is C8H11F2N3. The normalized spacial score (nSPS) is 24.0. The van der Waals surface area contributed by atoms with Crippen molar-refractivity contribution in [3.63, 3.8) is 0 Å². The van der Waals surface area contributed by atoms with Gasteiger partial charge in [-0.15, -0.1) is 0 Å². The van der Waals surface area contributed by atoms with Gasteiger partial charge >= 0.3 is 0 Å². The lowest BCUT2D eigenvalue weighted by Crippen LogP contribution is -2.47. The van der Waals surface area contributed by atoms with Crippen LogP contribution in [-0.2, 0) is 12.5 Å². The van der Waals surface area contributed by atoms with Crippen LogP contribution in [0.25, 0.3) is 0 Å². The second-order valence-corrected chi connectivity index (χ2v) is 3.99. The van der Waals surface area contributed by atoms with E-state index in [4.69, 9.17) is 0 Å². The van der Waals surface area contributed by atoms with E-state index in [1.807, 2.05) is 0 Å². The van der Waals surface area contributed by atoms with Crippen LogP contribution in [0, 0.1) is 0 Å². The molecule has 13 heavy (non-hydrogen) atoms. The molecule has 0 unspecified atom stereocenters. The highest BCUT2D eigenvalue weighted by Crippen LogP contribution is 2.52. The van der Waals surface area contributed by atoms with Crippen LogP contribution in [0.15, 0.2) is 6.20 Å². The summed E-state index contributed by atoms with van der Waals surface area (Å²) in [7, 11) is 1.68. The number of hydrogen-bond acceptors (Lipinski definition) is 2. The minimum absolute atomic E-state index is 0.112. The van der Waals surface area contributed by atoms with Crippen molar-refractivity contribution >= 4 is 0 Å². The van der Waals surface area contributed by atoms with E-state index in [1.165, 1.54) is 4.80 Å². The Hall–Kier alpha value is -1.00. The molecule has 0 saturated heterocycles. The predicted octanol–water partition coefficient (Wildman–Crippen LogP) is 1.50. The van der Waals surface area contributed by atoms with Gasteiger partial charge in [0.2, 0.25) is 5.92 Å². The Morgan fingerprint density at radius 2 is 2.08 bits per heavy atom. The van der Waals surface area contributed by atoms with Gasteiger partial charge in [-0.2, -0.15) is 15.0 Å². The third-order valence-corrected chi connectivity index (χ3v) is 2.52. The zero-order valence-corrected chi connectivity index (χ0v) is 7.59. The van der Waals surface area contributed by atoms with E-state index >= 15 is 0 Å². The van der Waals surface area contributed by atoms with E-state index in [-0.39, 0.29) is 12.8 Å². The monoisotopic (exact) mass is 187 g/mol. The zero-order valence-electron chi connectivity index (χ0n) is 7.59. The Morgan fingerprint density at radius 1 is 1.46 bits per heavy atom. The summed E-state index contributed by atoms with van der Waals surface area (Å²) in [5, 5.41) is 7.92. The van der Waals surface area contributed by atoms with Crippen LogP contribution >= 0.6 is 0 Å². The maximum absolute atomic E-state index is 12.7. The average Bonchev–Trinajstić information content (AvgIpc) is 2.31. The van der Waals surface area contributed by atoms with Crippen molar-refractivity contribution in [1.82, 2.24) is 15.0 Å². The van der Waals surface area contributed by atoms with Crippen LogP contribution in [0.5, 0.6) is 0 Å². The fraction of sp³-hybridized carbons (Fsp3) is 0.750. The van der Waals surface area contributed by atoms with Gasteiger partial charge in [0, 0.05) is 25.3 Å². The number of hydrogen-bond donors (Lipinski definition) is 0. The van der Waals surface area contributed by atoms with Crippen molar-refractivity contribution in [2.75, 3.05) is 0 Å². The van der Waals surface area contributed by atoms with Gasteiger partial charge < -0.3 is 0 Å². The number of aryl methyl sites for hydroxylation is 1. The summed E-state index contributed by atoms with van der Waals surface area (Å²) in [6, 6.07) is 0. The molecule has 0 amide bonds. The number of rotatable bonds is 1. The van der Waals surface area contributed by atoms with Crippen molar-refractivity contribution in [2.24, 2.45) is 7.05 Å². The summed E-state index contributed by atoms with van der Waals surface area (Å²) in [6.07, 6.45) is 1.34. The third kappa shape index (κ3) is 1.32. The molecule has 1 aromatic heterocycles. The highest BCUT2D eigenvalue weighted by atomic mass is 19.3. The van der Waals surface area contributed by atoms with Crippen LogP contribution in [0.4, 0.5) is 8.78 Å². The van der Waals surface area contributed by atoms with Gasteiger partial charge in [-0.3, -0.25) is 0 Å². The highest BCUT2D eigenvalue weighted by molar-refractivity contribution is 5.19. The van der Waals surface area contributed by atoms with Crippen LogP contribution in [0.2, 0.25) is 0 Å². The topological polar surface area (TPSA) is 30.7 Å². The lowest BCUT2D eigenvalue weighted by molar-refractivity contribution is -0.122. The van der Waals surface area contributed by atoms with Crippen LogP contribution in [0.3, 0.4) is 0 Å². The summed E-state index contributed by atoms with van der Waals surface area (Å²) < 4.78 is 25.3. The van der Waals surface area contributed by atoms with Crippen molar-refractivity contribution in [1.29, 1.82) is 0 Å². The molecule has 5 heteroatoms. The van der Waals surface area contributed by atoms with E-state index < -0.39 is 11.3 Å². The maximum Gasteiger partial charge on any atom is 0.250 e. The minimum Gasteiger partial charge on any atom is -0.207 e. The molecule has 0 aromatic carbocycles. The molecule has 0 atom stereocenters. The van der Waals surface area contributed by atoms with Crippen molar-refractivity contribution < 1.29 is 8.78 Å². The fourth-order valence-electron chi connectivity index (χ4n) is 1.89. The predicted molar refractivity (Wildman–Crippen MR) is 42.5 cm³/mol. The second-order valence-electron chi connectivity index (χ2n) is 3.99. The van der Waals surface area contributed by atoms with Crippen molar-refractivity contribution in [3.05, 3.63) is 11.9 Å². The zero-order chi connectivity index (χ0) is 9.69. The molecule has 1 fully saturated rings. The number of alkyl halides is 2. The lowest BCUT2D eigenvalue weighted by atomic mass is 9.66. The molecule has 2 rings (SSSR count). The minimum atomic E-state index is -2.51. The van der Waals surface area contributed by atoms with E-state index in [1.54, 1.807) is 20.2 Å². The molecule has 0 N–H and O–H groups in total. The molecule has 1 saturated carbocycles. The molecule has 1 aliphatic carbocycles. The Kier molecular flexibility index (Phi) is 1.50. The molecule has 0 radical (unpaired) electrons. The summed E-state index contributed by atoms with van der Waals surface area (Å²) in [4.78, 5) is 1.40. The maximum atomic E-state index is 12.7. The summed E-state index contributed by atoms with van der Waals surface area (Å²) in [5.74, 6) is -2.51. The summed E-state index contributed by atoms with van der Waals surface area (Å²) in [6.45, 7) is 1.80. The molecule has 1 aliphatic rings. The Balaban J connectivity index is 2.20. The van der Waals surface area contributed by atoms with Gasteiger partial charge in [0.15, 0.2) is 0 Å². The summed E-state index contributed by atoms with van der Waals surface area (Å²) in [5.41, 5.74) is 0.193. The fourth-order valence-corrected chi connectivity index (χ4v) is 1.89. The quantitative estimate of drug-likeness (QED) is 0.667. The standard InChI is InChI=1S/C8H11F2N3/c1-7(4-8(9,10)5-7)6-3-11-13(2)12-6/h3H,4-5H2,1-2H3. The van der Waals surface area contributed by atoms with E-state index in [2.05, 4.69) is 10.2 Å². The first-order valence-electron chi connectivity index (χ1n) is 4.16. The summed E-state index contributed by atoms with van der Waals surface area (Å²) >= 11 is 0. The number of nitrogens with zero attached hydrogens (tertiary/aromatic N) is 3. The number of halogens is 2. The van der Waals surface area contributed by atoms with Gasteiger partial charge in [-0.1, -0.05) is 6.92 Å². The first kappa shape index (κ1) is 8.59. The lowest BCUT2D eigenvalue weighted by Gasteiger charge is -2.43. The smallest absolute Gasteiger partial charge is 0.207 e. The van der Waals surface area contributed by atoms with Gasteiger partial charge in [0.05, 0.1) is 11.9 Å². The third-order valence-electron chi connectivity index (χ3n) is 2.52. The van der Waals surface area contributed by atoms with Crippen LogP contribution in [-0.4, -0.2) is 20.9 Å². The SMILES string of the molecule is Cn1ncc(C2(C)CC(F)(F)C2)n1. The van der Waals surface area contributed by atoms with Gasteiger partial charge in [-0.05, 0) is 0 Å². The van der Waals surface area contributed by atoms with Gasteiger partial charge in [0.25, 0.3) is 0 Å². The molecular weight excluding hydrogens is 176 g/mol. The Labute approximate surface area is 74.7 Å². The first-order chi connectivity index (χ1) is 5.91. The van der Waals surface area contributed by atoms with E-state index in [0.29, 0.717) is 5.69 Å². The Morgan fingerprint density at radius 3 is 2.46 bits per heavy atom. The highest BCUT2D eigenvalue weighted by Gasteiger charge is 2.55. The molecule has 1 heterocycles. The first-order valence-corrected chi connectivity index (χ1v) is 4.16. The van der Waals surface area contributed by atoms with Gasteiger partial charge in [-0.25, -0.2) is 8.78 Å². The van der Waals surface area contributed by atoms with Crippen LogP contribution in [0.1, 0.15) is 25.5 Å². The average molecular weight is 187 g/mol. The number of aromatic nitrogens is 3. The molecule has 0 bridgehead atoms. The van der Waals surface area contributed by atoms with Crippen molar-refractivity contribution in [2.45, 2.75) is 31.1 Å². The van der Waals surface area contributed by atoms with Gasteiger partial charge in [0.1, 0.15) is 0 Å². The largest absolute Gasteiger partial charge is 0.250 e.